The molecule has 1 aliphatic carbocycles. The summed E-state index contributed by atoms with van der Waals surface area (Å²) >= 11 is 1.37. The first-order chi connectivity index (χ1) is 10.7. The Morgan fingerprint density at radius 2 is 2.05 bits per heavy atom. The summed E-state index contributed by atoms with van der Waals surface area (Å²) in [4.78, 5) is 11.6. The highest BCUT2D eigenvalue weighted by molar-refractivity contribution is 8.00. The molecule has 0 radical (unpaired) electrons. The van der Waals surface area contributed by atoms with E-state index in [2.05, 4.69) is 10.2 Å². The Hall–Kier alpha value is -1.89. The van der Waals surface area contributed by atoms with Gasteiger partial charge in [-0.1, -0.05) is 23.9 Å². The Morgan fingerprint density at radius 3 is 2.73 bits per heavy atom. The summed E-state index contributed by atoms with van der Waals surface area (Å²) in [6.07, 6.45) is 2.74. The van der Waals surface area contributed by atoms with Gasteiger partial charge in [0.15, 0.2) is 11.0 Å². The van der Waals surface area contributed by atoms with E-state index in [0.29, 0.717) is 35.6 Å². The van der Waals surface area contributed by atoms with Crippen molar-refractivity contribution in [3.63, 3.8) is 0 Å². The van der Waals surface area contributed by atoms with Gasteiger partial charge in [-0.05, 0) is 25.0 Å². The van der Waals surface area contributed by atoms with Crippen molar-refractivity contribution in [3.8, 4) is 11.4 Å². The number of aromatic nitrogens is 3. The number of esters is 1. The summed E-state index contributed by atoms with van der Waals surface area (Å²) in [5.74, 6) is 0.0193. The molecule has 2 aliphatic rings. The highest BCUT2D eigenvalue weighted by Crippen LogP contribution is 2.42. The molecule has 2 aromatic rings. The van der Waals surface area contributed by atoms with Crippen LogP contribution in [0.5, 0.6) is 0 Å². The second-order valence-electron chi connectivity index (χ2n) is 5.45. The number of benzene rings is 1. The third kappa shape index (κ3) is 2.39. The van der Waals surface area contributed by atoms with Crippen LogP contribution < -0.4 is 0 Å². The minimum atomic E-state index is -0.311. The molecule has 1 saturated heterocycles. The van der Waals surface area contributed by atoms with E-state index in [0.717, 1.165) is 12.8 Å². The number of carbonyl (C=O) groups is 1. The van der Waals surface area contributed by atoms with Crippen LogP contribution >= 0.6 is 11.8 Å². The lowest BCUT2D eigenvalue weighted by Gasteiger charge is -2.10. The Labute approximate surface area is 130 Å². The smallest absolute Gasteiger partial charge is 0.319 e. The number of cyclic esters (lactones) is 1. The fourth-order valence-electron chi connectivity index (χ4n) is 2.56. The average molecular weight is 319 g/mol. The van der Waals surface area contributed by atoms with Crippen molar-refractivity contribution in [3.05, 3.63) is 30.1 Å². The number of halogens is 1. The third-order valence-corrected chi connectivity index (χ3v) is 5.03. The Kier molecular flexibility index (Phi) is 3.37. The van der Waals surface area contributed by atoms with E-state index < -0.39 is 0 Å². The zero-order valence-electron chi connectivity index (χ0n) is 11.7. The van der Waals surface area contributed by atoms with Crippen LogP contribution in [0.2, 0.25) is 0 Å². The molecule has 22 heavy (non-hydrogen) atoms. The van der Waals surface area contributed by atoms with E-state index in [4.69, 9.17) is 4.74 Å². The van der Waals surface area contributed by atoms with Crippen LogP contribution in [0.3, 0.4) is 0 Å². The van der Waals surface area contributed by atoms with Crippen LogP contribution in [0.15, 0.2) is 29.4 Å². The normalized spacial score (nSPS) is 21.1. The number of carbonyl (C=O) groups excluding carboxylic acids is 1. The van der Waals surface area contributed by atoms with Gasteiger partial charge >= 0.3 is 5.97 Å². The van der Waals surface area contributed by atoms with Crippen molar-refractivity contribution in [1.29, 1.82) is 0 Å². The molecule has 1 aromatic carbocycles. The van der Waals surface area contributed by atoms with Gasteiger partial charge in [0, 0.05) is 12.5 Å². The first-order valence-corrected chi connectivity index (χ1v) is 8.15. The second kappa shape index (κ2) is 5.39. The predicted octanol–water partition coefficient (Wildman–Crippen LogP) is 2.83. The molecule has 1 atom stereocenters. The molecule has 4 rings (SSSR count). The summed E-state index contributed by atoms with van der Waals surface area (Å²) in [5, 5.41) is 8.80. The lowest BCUT2D eigenvalue weighted by Crippen LogP contribution is -2.11. The maximum absolute atomic E-state index is 14.1. The number of thioether (sulfide) groups is 1. The number of hydrogen-bond donors (Lipinski definition) is 0. The molecule has 1 saturated carbocycles. The van der Waals surface area contributed by atoms with Crippen LogP contribution in [0.25, 0.3) is 11.4 Å². The minimum absolute atomic E-state index is 0.206. The van der Waals surface area contributed by atoms with Gasteiger partial charge in [0.1, 0.15) is 11.1 Å². The van der Waals surface area contributed by atoms with Crippen molar-refractivity contribution in [2.24, 2.45) is 0 Å². The molecular formula is C15H14FN3O2S. The molecule has 0 bridgehead atoms. The highest BCUT2D eigenvalue weighted by Gasteiger charge is 2.34. The fourth-order valence-corrected chi connectivity index (χ4v) is 3.63. The van der Waals surface area contributed by atoms with Crippen molar-refractivity contribution in [2.45, 2.75) is 35.7 Å². The summed E-state index contributed by atoms with van der Waals surface area (Å²) in [6, 6.07) is 6.86. The maximum Gasteiger partial charge on any atom is 0.319 e. The molecule has 0 unspecified atom stereocenters. The fraction of sp³-hybridized carbons (Fsp3) is 0.400. The Balaban J connectivity index is 1.72. The predicted molar refractivity (Wildman–Crippen MR) is 78.9 cm³/mol. The van der Waals surface area contributed by atoms with Crippen molar-refractivity contribution in [1.82, 2.24) is 14.8 Å². The molecule has 2 fully saturated rings. The van der Waals surface area contributed by atoms with Gasteiger partial charge in [-0.15, -0.1) is 10.2 Å². The van der Waals surface area contributed by atoms with Crippen molar-refractivity contribution >= 4 is 17.7 Å². The number of ether oxygens (including phenoxy) is 1. The zero-order chi connectivity index (χ0) is 15.1. The van der Waals surface area contributed by atoms with Gasteiger partial charge in [-0.3, -0.25) is 9.36 Å². The topological polar surface area (TPSA) is 57.0 Å². The van der Waals surface area contributed by atoms with Gasteiger partial charge in [0.05, 0.1) is 12.2 Å². The van der Waals surface area contributed by atoms with Crippen LogP contribution in [-0.4, -0.2) is 32.6 Å². The largest absolute Gasteiger partial charge is 0.465 e. The molecular weight excluding hydrogens is 305 g/mol. The average Bonchev–Trinajstić information content (AvgIpc) is 3.15. The summed E-state index contributed by atoms with van der Waals surface area (Å²) < 4.78 is 21.0. The van der Waals surface area contributed by atoms with Crippen molar-refractivity contribution < 1.29 is 13.9 Å². The monoisotopic (exact) mass is 319 g/mol. The minimum Gasteiger partial charge on any atom is -0.465 e. The van der Waals surface area contributed by atoms with Gasteiger partial charge in [-0.2, -0.15) is 0 Å². The third-order valence-electron chi connectivity index (χ3n) is 3.83. The molecule has 5 nitrogen and oxygen atoms in total. The lowest BCUT2D eigenvalue weighted by molar-refractivity contribution is -0.137. The first kappa shape index (κ1) is 13.8. The Morgan fingerprint density at radius 1 is 1.23 bits per heavy atom. The molecule has 0 spiro atoms. The van der Waals surface area contributed by atoms with E-state index >= 15 is 0 Å². The van der Waals surface area contributed by atoms with Gasteiger partial charge < -0.3 is 4.74 Å². The maximum atomic E-state index is 14.1. The zero-order valence-corrected chi connectivity index (χ0v) is 12.6. The van der Waals surface area contributed by atoms with E-state index in [9.17, 15) is 9.18 Å². The molecule has 1 aliphatic heterocycles. The summed E-state index contributed by atoms with van der Waals surface area (Å²) in [7, 11) is 0. The molecule has 2 heterocycles. The first-order valence-electron chi connectivity index (χ1n) is 7.27. The van der Waals surface area contributed by atoms with Crippen LogP contribution in [-0.2, 0) is 9.53 Å². The van der Waals surface area contributed by atoms with E-state index in [1.54, 1.807) is 18.2 Å². The lowest BCUT2D eigenvalue weighted by atomic mass is 10.2. The summed E-state index contributed by atoms with van der Waals surface area (Å²) in [6.45, 7) is 0.453. The van der Waals surface area contributed by atoms with E-state index in [-0.39, 0.29) is 17.0 Å². The number of rotatable bonds is 4. The van der Waals surface area contributed by atoms with E-state index in [1.165, 1.54) is 17.8 Å². The standard InChI is InChI=1S/C15H14FN3O2S/c16-11-4-2-1-3-10(11)13-17-18-15(19(13)9-5-6-9)22-12-7-8-21-14(12)20/h1-4,9,12H,5-8H2/t12-/m1/s1. The molecule has 7 heteroatoms. The van der Waals surface area contributed by atoms with Crippen LogP contribution in [0.4, 0.5) is 4.39 Å². The quantitative estimate of drug-likeness (QED) is 0.811. The Bertz CT molecular complexity index is 729. The van der Waals surface area contributed by atoms with Gasteiger partial charge in [0.25, 0.3) is 0 Å². The molecule has 1 aromatic heterocycles. The van der Waals surface area contributed by atoms with Gasteiger partial charge in [0.2, 0.25) is 0 Å². The SMILES string of the molecule is O=C1OCC[C@H]1Sc1nnc(-c2ccccc2F)n1C1CC1. The number of hydrogen-bond acceptors (Lipinski definition) is 5. The number of nitrogens with zero attached hydrogens (tertiary/aromatic N) is 3. The highest BCUT2D eigenvalue weighted by atomic mass is 32.2. The van der Waals surface area contributed by atoms with Crippen LogP contribution in [0, 0.1) is 5.82 Å². The molecule has 0 amide bonds. The molecule has 114 valence electrons. The van der Waals surface area contributed by atoms with Crippen molar-refractivity contribution in [2.75, 3.05) is 6.61 Å². The molecule has 0 N–H and O–H groups in total. The second-order valence-corrected chi connectivity index (χ2v) is 6.62. The van der Waals surface area contributed by atoms with Gasteiger partial charge in [-0.25, -0.2) is 4.39 Å². The van der Waals surface area contributed by atoms with E-state index in [1.807, 2.05) is 4.57 Å². The van der Waals surface area contributed by atoms with Crippen LogP contribution in [0.1, 0.15) is 25.3 Å². The summed E-state index contributed by atoms with van der Waals surface area (Å²) in [5.41, 5.74) is 0.447.